The van der Waals surface area contributed by atoms with Crippen LogP contribution in [0.5, 0.6) is 0 Å². The lowest BCUT2D eigenvalue weighted by Gasteiger charge is -2.23. The molecule has 0 amide bonds. The number of nitrogens with one attached hydrogen (secondary N) is 1. The fourth-order valence-electron chi connectivity index (χ4n) is 3.08. The molecule has 0 aliphatic carbocycles. The van der Waals surface area contributed by atoms with Gasteiger partial charge in [0.05, 0.1) is 0 Å². The highest BCUT2D eigenvalue weighted by atomic mass is 35.5. The maximum absolute atomic E-state index is 12.7. The van der Waals surface area contributed by atoms with E-state index in [2.05, 4.69) is 19.3 Å². The minimum atomic E-state index is -3.74. The molecule has 3 aromatic rings. The summed E-state index contributed by atoms with van der Waals surface area (Å²) >= 11 is 6.06. The van der Waals surface area contributed by atoms with Gasteiger partial charge in [0.25, 0.3) is 10.0 Å². The Morgan fingerprint density at radius 3 is 3.08 bits per heavy atom. The van der Waals surface area contributed by atoms with Gasteiger partial charge in [-0.2, -0.15) is 0 Å². The maximum atomic E-state index is 12.7. The van der Waals surface area contributed by atoms with Gasteiger partial charge in [0.1, 0.15) is 11.5 Å². The van der Waals surface area contributed by atoms with Gasteiger partial charge in [-0.05, 0) is 24.5 Å². The van der Waals surface area contributed by atoms with E-state index in [1.165, 1.54) is 4.40 Å². The zero-order valence-electron chi connectivity index (χ0n) is 12.8. The minimum absolute atomic E-state index is 0.0149. The number of halogens is 1. The fourth-order valence-corrected chi connectivity index (χ4v) is 4.84. The van der Waals surface area contributed by atoms with E-state index in [4.69, 9.17) is 11.6 Å². The van der Waals surface area contributed by atoms with Gasteiger partial charge in [-0.25, -0.2) is 23.1 Å². The van der Waals surface area contributed by atoms with Gasteiger partial charge in [0.2, 0.25) is 0 Å². The van der Waals surface area contributed by atoms with Gasteiger partial charge >= 0.3 is 0 Å². The summed E-state index contributed by atoms with van der Waals surface area (Å²) in [5.74, 6) is 1.28. The van der Waals surface area contributed by atoms with E-state index in [9.17, 15) is 8.42 Å². The SMILES string of the molecule is O=S(=O)(NCC1CCc2nccn2C1)c1c(Cl)nc2ccccn12. The molecule has 4 heterocycles. The molecule has 1 aliphatic heterocycles. The van der Waals surface area contributed by atoms with Gasteiger partial charge in [-0.1, -0.05) is 17.7 Å². The van der Waals surface area contributed by atoms with Crippen molar-refractivity contribution in [1.82, 2.24) is 23.7 Å². The molecule has 7 nitrogen and oxygen atoms in total. The molecule has 1 unspecified atom stereocenters. The van der Waals surface area contributed by atoms with Crippen molar-refractivity contribution < 1.29 is 8.42 Å². The van der Waals surface area contributed by atoms with E-state index < -0.39 is 10.0 Å². The summed E-state index contributed by atoms with van der Waals surface area (Å²) < 4.78 is 31.6. The Morgan fingerprint density at radius 1 is 1.33 bits per heavy atom. The molecule has 0 bridgehead atoms. The fraction of sp³-hybridized carbons (Fsp3) is 0.333. The van der Waals surface area contributed by atoms with Crippen molar-refractivity contribution in [3.8, 4) is 0 Å². The number of hydrogen-bond acceptors (Lipinski definition) is 4. The summed E-state index contributed by atoms with van der Waals surface area (Å²) in [6.45, 7) is 1.12. The molecular formula is C15H16ClN5O2S. The number of nitrogens with zero attached hydrogens (tertiary/aromatic N) is 4. The Bertz CT molecular complexity index is 994. The van der Waals surface area contributed by atoms with Crippen LogP contribution in [0, 0.1) is 5.92 Å². The largest absolute Gasteiger partial charge is 0.335 e. The van der Waals surface area contributed by atoms with Gasteiger partial charge in [-0.3, -0.25) is 4.40 Å². The van der Waals surface area contributed by atoms with E-state index in [-0.39, 0.29) is 16.1 Å². The van der Waals surface area contributed by atoms with Crippen LogP contribution in [0.25, 0.3) is 5.65 Å². The Balaban J connectivity index is 1.54. The van der Waals surface area contributed by atoms with E-state index >= 15 is 0 Å². The molecule has 1 N–H and O–H groups in total. The average Bonchev–Trinajstić information content (AvgIpc) is 3.15. The Labute approximate surface area is 144 Å². The average molecular weight is 366 g/mol. The Kier molecular flexibility index (Phi) is 3.82. The van der Waals surface area contributed by atoms with E-state index in [1.54, 1.807) is 30.6 Å². The first-order valence-electron chi connectivity index (χ1n) is 7.67. The number of aromatic nitrogens is 4. The van der Waals surface area contributed by atoms with Crippen molar-refractivity contribution in [2.45, 2.75) is 24.4 Å². The summed E-state index contributed by atoms with van der Waals surface area (Å²) in [6.07, 6.45) is 7.11. The van der Waals surface area contributed by atoms with Crippen LogP contribution in [0.15, 0.2) is 41.8 Å². The zero-order chi connectivity index (χ0) is 16.7. The van der Waals surface area contributed by atoms with Crippen LogP contribution in [0.2, 0.25) is 5.15 Å². The van der Waals surface area contributed by atoms with Crippen molar-refractivity contribution in [3.63, 3.8) is 0 Å². The second-order valence-corrected chi connectivity index (χ2v) is 7.93. The second-order valence-electron chi connectivity index (χ2n) is 5.89. The normalized spacial score (nSPS) is 18.0. The number of imidazole rings is 2. The molecule has 1 atom stereocenters. The number of aryl methyl sites for hydroxylation is 1. The van der Waals surface area contributed by atoms with Crippen LogP contribution in [0.4, 0.5) is 0 Å². The van der Waals surface area contributed by atoms with Crippen LogP contribution >= 0.6 is 11.6 Å². The van der Waals surface area contributed by atoms with Crippen molar-refractivity contribution in [2.75, 3.05) is 6.54 Å². The molecule has 9 heteroatoms. The Morgan fingerprint density at radius 2 is 2.21 bits per heavy atom. The number of rotatable bonds is 4. The summed E-state index contributed by atoms with van der Waals surface area (Å²) in [6, 6.07) is 5.24. The highest BCUT2D eigenvalue weighted by Crippen LogP contribution is 2.23. The molecule has 0 saturated carbocycles. The lowest BCUT2D eigenvalue weighted by Crippen LogP contribution is -2.34. The quantitative estimate of drug-likeness (QED) is 0.763. The molecule has 126 valence electrons. The van der Waals surface area contributed by atoms with Crippen molar-refractivity contribution in [2.24, 2.45) is 5.92 Å². The topological polar surface area (TPSA) is 81.3 Å². The van der Waals surface area contributed by atoms with Gasteiger partial charge in [0.15, 0.2) is 10.2 Å². The number of hydrogen-bond donors (Lipinski definition) is 1. The first-order chi connectivity index (χ1) is 11.5. The third-order valence-corrected chi connectivity index (χ3v) is 6.12. The second kappa shape index (κ2) is 5.87. The number of pyridine rings is 1. The predicted octanol–water partition coefficient (Wildman–Crippen LogP) is 1.73. The van der Waals surface area contributed by atoms with Gasteiger partial charge in [0, 0.05) is 38.1 Å². The summed E-state index contributed by atoms with van der Waals surface area (Å²) in [4.78, 5) is 8.38. The lowest BCUT2D eigenvalue weighted by molar-refractivity contribution is 0.363. The highest BCUT2D eigenvalue weighted by Gasteiger charge is 2.26. The molecule has 0 saturated heterocycles. The van der Waals surface area contributed by atoms with E-state index in [0.717, 1.165) is 25.2 Å². The molecule has 0 aromatic carbocycles. The molecule has 24 heavy (non-hydrogen) atoms. The third-order valence-electron chi connectivity index (χ3n) is 4.30. The van der Waals surface area contributed by atoms with Crippen LogP contribution in [0.3, 0.4) is 0 Å². The van der Waals surface area contributed by atoms with Gasteiger partial charge in [-0.15, -0.1) is 0 Å². The molecular weight excluding hydrogens is 350 g/mol. The molecule has 0 radical (unpaired) electrons. The smallest absolute Gasteiger partial charge is 0.259 e. The first kappa shape index (κ1) is 15.6. The van der Waals surface area contributed by atoms with Crippen LogP contribution in [-0.2, 0) is 23.0 Å². The zero-order valence-corrected chi connectivity index (χ0v) is 14.3. The minimum Gasteiger partial charge on any atom is -0.335 e. The number of fused-ring (bicyclic) bond motifs is 2. The van der Waals surface area contributed by atoms with Crippen molar-refractivity contribution in [3.05, 3.63) is 47.8 Å². The number of sulfonamides is 1. The summed E-state index contributed by atoms with van der Waals surface area (Å²) in [5, 5.41) is -0.0341. The van der Waals surface area contributed by atoms with Crippen molar-refractivity contribution in [1.29, 1.82) is 0 Å². The monoisotopic (exact) mass is 365 g/mol. The van der Waals surface area contributed by atoms with E-state index in [0.29, 0.717) is 12.2 Å². The first-order valence-corrected chi connectivity index (χ1v) is 9.53. The predicted molar refractivity (Wildman–Crippen MR) is 89.4 cm³/mol. The molecule has 0 spiro atoms. The van der Waals surface area contributed by atoms with Gasteiger partial charge < -0.3 is 4.57 Å². The standard InChI is InChI=1S/C15H16ClN5O2S/c16-14-15(21-7-2-1-3-13(21)19-14)24(22,23)18-9-11-4-5-12-17-6-8-20(12)10-11/h1-3,6-8,11,18H,4-5,9-10H2. The highest BCUT2D eigenvalue weighted by molar-refractivity contribution is 7.89. The summed E-state index contributed by atoms with van der Waals surface area (Å²) in [5.41, 5.74) is 0.503. The van der Waals surface area contributed by atoms with Crippen LogP contribution in [0.1, 0.15) is 12.2 Å². The van der Waals surface area contributed by atoms with Crippen molar-refractivity contribution >= 4 is 27.3 Å². The molecule has 1 aliphatic rings. The van der Waals surface area contributed by atoms with Crippen LogP contribution < -0.4 is 4.72 Å². The lowest BCUT2D eigenvalue weighted by atomic mass is 10.00. The third kappa shape index (κ3) is 2.70. The Hall–Kier alpha value is -1.90. The maximum Gasteiger partial charge on any atom is 0.259 e. The molecule has 4 rings (SSSR count). The summed E-state index contributed by atoms with van der Waals surface area (Å²) in [7, 11) is -3.74. The van der Waals surface area contributed by atoms with E-state index in [1.807, 2.05) is 6.20 Å². The van der Waals surface area contributed by atoms with Crippen LogP contribution in [-0.4, -0.2) is 33.9 Å². The molecule has 0 fully saturated rings. The molecule has 3 aromatic heterocycles.